The molecule has 1 aliphatic rings. The van der Waals surface area contributed by atoms with E-state index >= 15 is 0 Å². The summed E-state index contributed by atoms with van der Waals surface area (Å²) in [6.45, 7) is 0. The van der Waals surface area contributed by atoms with Crippen molar-refractivity contribution in [2.24, 2.45) is 5.10 Å². The molecule has 0 radical (unpaired) electrons. The smallest absolute Gasteiger partial charge is 0.134 e. The summed E-state index contributed by atoms with van der Waals surface area (Å²) in [5.74, 6) is 1.73. The molecule has 0 spiro atoms. The zero-order valence-corrected chi connectivity index (χ0v) is 13.1. The van der Waals surface area contributed by atoms with Crippen LogP contribution in [0.5, 0.6) is 0 Å². The predicted octanol–water partition coefficient (Wildman–Crippen LogP) is 5.04. The van der Waals surface area contributed by atoms with Crippen molar-refractivity contribution in [3.63, 3.8) is 0 Å². The molecular weight excluding hydrogens is 308 g/mol. The van der Waals surface area contributed by atoms with E-state index in [4.69, 9.17) is 16.0 Å². The fourth-order valence-corrected chi connectivity index (χ4v) is 2.85. The van der Waals surface area contributed by atoms with Gasteiger partial charge in [0.25, 0.3) is 0 Å². The van der Waals surface area contributed by atoms with Gasteiger partial charge in [-0.25, -0.2) is 0 Å². The first-order valence-corrected chi connectivity index (χ1v) is 7.90. The second-order valence-electron chi connectivity index (χ2n) is 5.52. The lowest BCUT2D eigenvalue weighted by molar-refractivity contribution is 0.448. The highest BCUT2D eigenvalue weighted by atomic mass is 35.5. The van der Waals surface area contributed by atoms with E-state index in [1.165, 1.54) is 0 Å². The average Bonchev–Trinajstić information content (AvgIpc) is 3.26. The van der Waals surface area contributed by atoms with E-state index in [9.17, 15) is 0 Å². The van der Waals surface area contributed by atoms with E-state index in [0.717, 1.165) is 39.8 Å². The number of rotatable bonds is 3. The quantitative estimate of drug-likeness (QED) is 0.733. The Hall–Kier alpha value is -2.52. The molecule has 1 atom stereocenters. The standard InChI is InChI=1S/C19H15ClN2O/c20-15-8-6-14(7-9-15)18-10-11-19(23-18)17-12-16(21-22-17)13-4-2-1-3-5-13/h1-11,17,22H,12H2. The largest absolute Gasteiger partial charge is 0.459 e. The molecule has 1 N–H and O–H groups in total. The Bertz CT molecular complexity index is 837. The van der Waals surface area contributed by atoms with Crippen molar-refractivity contribution < 1.29 is 4.42 Å². The summed E-state index contributed by atoms with van der Waals surface area (Å²) in [6, 6.07) is 21.9. The Morgan fingerprint density at radius 3 is 2.48 bits per heavy atom. The molecule has 0 aliphatic carbocycles. The molecule has 0 saturated heterocycles. The van der Waals surface area contributed by atoms with Crippen LogP contribution in [0.2, 0.25) is 5.02 Å². The molecule has 23 heavy (non-hydrogen) atoms. The Kier molecular flexibility index (Phi) is 3.64. The third kappa shape index (κ3) is 2.88. The number of nitrogens with zero attached hydrogens (tertiary/aromatic N) is 1. The van der Waals surface area contributed by atoms with E-state index in [1.807, 2.05) is 54.6 Å². The van der Waals surface area contributed by atoms with Crippen LogP contribution in [0.4, 0.5) is 0 Å². The van der Waals surface area contributed by atoms with Gasteiger partial charge in [-0.1, -0.05) is 41.9 Å². The predicted molar refractivity (Wildman–Crippen MR) is 92.6 cm³/mol. The van der Waals surface area contributed by atoms with E-state index < -0.39 is 0 Å². The van der Waals surface area contributed by atoms with Gasteiger partial charge in [0.1, 0.15) is 17.6 Å². The van der Waals surface area contributed by atoms with Gasteiger partial charge in [0.2, 0.25) is 0 Å². The molecule has 4 rings (SSSR count). The molecule has 1 aliphatic heterocycles. The minimum absolute atomic E-state index is 0.0752. The van der Waals surface area contributed by atoms with Gasteiger partial charge < -0.3 is 4.42 Å². The molecule has 1 unspecified atom stereocenters. The maximum Gasteiger partial charge on any atom is 0.134 e. The second-order valence-corrected chi connectivity index (χ2v) is 5.96. The Balaban J connectivity index is 1.52. The van der Waals surface area contributed by atoms with Gasteiger partial charge in [0.15, 0.2) is 0 Å². The highest BCUT2D eigenvalue weighted by molar-refractivity contribution is 6.30. The van der Waals surface area contributed by atoms with Gasteiger partial charge in [0.05, 0.1) is 5.71 Å². The van der Waals surface area contributed by atoms with Crippen LogP contribution in [-0.4, -0.2) is 5.71 Å². The summed E-state index contributed by atoms with van der Waals surface area (Å²) in [4.78, 5) is 0. The van der Waals surface area contributed by atoms with Crippen molar-refractivity contribution >= 4 is 17.3 Å². The first-order chi connectivity index (χ1) is 11.3. The van der Waals surface area contributed by atoms with Crippen LogP contribution < -0.4 is 5.43 Å². The maximum atomic E-state index is 6.00. The zero-order valence-electron chi connectivity index (χ0n) is 12.4. The van der Waals surface area contributed by atoms with Crippen LogP contribution in [0.25, 0.3) is 11.3 Å². The topological polar surface area (TPSA) is 37.5 Å². The van der Waals surface area contributed by atoms with Crippen molar-refractivity contribution in [1.29, 1.82) is 0 Å². The van der Waals surface area contributed by atoms with Gasteiger partial charge in [-0.3, -0.25) is 5.43 Å². The normalized spacial score (nSPS) is 16.9. The van der Waals surface area contributed by atoms with Crippen molar-refractivity contribution in [3.05, 3.63) is 83.1 Å². The van der Waals surface area contributed by atoms with Crippen LogP contribution in [0, 0.1) is 0 Å². The number of halogens is 1. The number of hydrazone groups is 1. The summed E-state index contributed by atoms with van der Waals surface area (Å²) < 4.78 is 6.00. The highest BCUT2D eigenvalue weighted by Gasteiger charge is 2.24. The Labute approximate surface area is 139 Å². The molecule has 0 saturated carbocycles. The molecule has 2 heterocycles. The second kappa shape index (κ2) is 5.94. The van der Waals surface area contributed by atoms with Gasteiger partial charge >= 0.3 is 0 Å². The molecule has 1 aromatic heterocycles. The van der Waals surface area contributed by atoms with Crippen LogP contribution in [0.3, 0.4) is 0 Å². The SMILES string of the molecule is Clc1ccc(-c2ccc(C3CC(c4ccccc4)=NN3)o2)cc1. The molecular formula is C19H15ClN2O. The molecule has 2 aromatic carbocycles. The number of furan rings is 1. The molecule has 0 bridgehead atoms. The lowest BCUT2D eigenvalue weighted by atomic mass is 10.0. The molecule has 3 aromatic rings. The van der Waals surface area contributed by atoms with E-state index in [2.05, 4.69) is 22.7 Å². The van der Waals surface area contributed by atoms with Gasteiger partial charge in [-0.15, -0.1) is 0 Å². The van der Waals surface area contributed by atoms with E-state index in [1.54, 1.807) is 0 Å². The van der Waals surface area contributed by atoms with Gasteiger partial charge in [0, 0.05) is 17.0 Å². The molecule has 4 heteroatoms. The summed E-state index contributed by atoms with van der Waals surface area (Å²) in [5, 5.41) is 5.17. The van der Waals surface area contributed by atoms with Crippen LogP contribution in [-0.2, 0) is 0 Å². The summed E-state index contributed by atoms with van der Waals surface area (Å²) in [5.41, 5.74) is 6.39. The average molecular weight is 323 g/mol. The number of nitrogens with one attached hydrogen (secondary N) is 1. The monoisotopic (exact) mass is 322 g/mol. The van der Waals surface area contributed by atoms with Crippen molar-refractivity contribution in [3.8, 4) is 11.3 Å². The lowest BCUT2D eigenvalue weighted by Gasteiger charge is -2.06. The van der Waals surface area contributed by atoms with Crippen LogP contribution in [0.1, 0.15) is 23.8 Å². The number of hydrogen-bond acceptors (Lipinski definition) is 3. The first-order valence-electron chi connectivity index (χ1n) is 7.53. The minimum Gasteiger partial charge on any atom is -0.459 e. The fraction of sp³-hybridized carbons (Fsp3) is 0.105. The summed E-state index contributed by atoms with van der Waals surface area (Å²) in [7, 11) is 0. The van der Waals surface area contributed by atoms with Crippen LogP contribution in [0.15, 0.2) is 76.2 Å². The van der Waals surface area contributed by atoms with Gasteiger partial charge in [-0.05, 0) is 42.0 Å². The Morgan fingerprint density at radius 1 is 0.913 bits per heavy atom. The third-order valence-corrected chi connectivity index (χ3v) is 4.21. The lowest BCUT2D eigenvalue weighted by Crippen LogP contribution is -2.08. The first kappa shape index (κ1) is 14.1. The zero-order chi connectivity index (χ0) is 15.6. The molecule has 0 fully saturated rings. The fourth-order valence-electron chi connectivity index (χ4n) is 2.73. The van der Waals surface area contributed by atoms with Crippen molar-refractivity contribution in [2.45, 2.75) is 12.5 Å². The summed E-state index contributed by atoms with van der Waals surface area (Å²) in [6.07, 6.45) is 0.817. The number of benzene rings is 2. The van der Waals surface area contributed by atoms with Crippen LogP contribution >= 0.6 is 11.6 Å². The van der Waals surface area contributed by atoms with Crippen molar-refractivity contribution in [2.75, 3.05) is 0 Å². The molecule has 114 valence electrons. The minimum atomic E-state index is 0.0752. The third-order valence-electron chi connectivity index (χ3n) is 3.96. The summed E-state index contributed by atoms with van der Waals surface area (Å²) >= 11 is 5.93. The van der Waals surface area contributed by atoms with Gasteiger partial charge in [-0.2, -0.15) is 5.10 Å². The highest BCUT2D eigenvalue weighted by Crippen LogP contribution is 2.30. The van der Waals surface area contributed by atoms with E-state index in [-0.39, 0.29) is 6.04 Å². The maximum absolute atomic E-state index is 6.00. The Morgan fingerprint density at radius 2 is 1.70 bits per heavy atom. The molecule has 3 nitrogen and oxygen atoms in total. The van der Waals surface area contributed by atoms with Crippen molar-refractivity contribution in [1.82, 2.24) is 5.43 Å². The number of hydrogen-bond donors (Lipinski definition) is 1. The molecule has 0 amide bonds. The van der Waals surface area contributed by atoms with E-state index in [0.29, 0.717) is 0 Å².